The molecular weight excluding hydrogens is 457 g/mol. The molecule has 2 atom stereocenters. The van der Waals surface area contributed by atoms with Crippen LogP contribution in [0, 0.1) is 12.5 Å². The Morgan fingerprint density at radius 1 is 1.23 bits per heavy atom. The van der Waals surface area contributed by atoms with Gasteiger partial charge in [-0.2, -0.15) is 17.5 Å². The molecule has 1 aliphatic heterocycles. The van der Waals surface area contributed by atoms with Gasteiger partial charge >= 0.3 is 6.18 Å². The monoisotopic (exact) mass is 474 g/mol. The minimum Gasteiger partial charge on any atom is -0.393 e. The van der Waals surface area contributed by atoms with Crippen molar-refractivity contribution in [3.8, 4) is 0 Å². The maximum atomic E-state index is 13.0. The fraction of sp³-hybridized carbons (Fsp3) is 0.350. The molecule has 2 N–H and O–H groups in total. The smallest absolute Gasteiger partial charge is 0.393 e. The van der Waals surface area contributed by atoms with E-state index in [4.69, 9.17) is 18.2 Å². The summed E-state index contributed by atoms with van der Waals surface area (Å²) in [6.07, 6.45) is -4.45. The summed E-state index contributed by atoms with van der Waals surface area (Å²) in [5.41, 5.74) is -1.67. The van der Waals surface area contributed by atoms with Gasteiger partial charge in [0.25, 0.3) is 0 Å². The van der Waals surface area contributed by atoms with E-state index in [9.17, 15) is 31.8 Å². The third-order valence-electron chi connectivity index (χ3n) is 5.33. The van der Waals surface area contributed by atoms with Crippen molar-refractivity contribution in [3.63, 3.8) is 0 Å². The molecule has 1 fully saturated rings. The Bertz CT molecular complexity index is 1120. The van der Waals surface area contributed by atoms with Crippen molar-refractivity contribution in [3.05, 3.63) is 70.0 Å². The van der Waals surface area contributed by atoms with Crippen LogP contribution >= 0.6 is 11.6 Å². The number of aliphatic hydroxyl groups excluding tert-OH is 1. The van der Waals surface area contributed by atoms with Gasteiger partial charge in [-0.25, -0.2) is 13.3 Å². The molecule has 0 radical (unpaired) electrons. The quantitative estimate of drug-likeness (QED) is 0.650. The van der Waals surface area contributed by atoms with Gasteiger partial charge in [-0.05, 0) is 24.6 Å². The standard InChI is InChI=1S/C20H18ClF3N2O4S/c1-25-16-5-2-13(3-6-16)8-15-10-26(11-19(15,28)12-27)31(29,30)18-7-4-14(9-17(18)21)20(22,23)24/h2-7,9,15,27-28H,8,10-12H2/t15-,19+/m0/s1. The molecular formula is C20H18ClF3N2O4S. The number of benzene rings is 2. The predicted molar refractivity (Wildman–Crippen MR) is 107 cm³/mol. The first kappa shape index (κ1) is 23.5. The van der Waals surface area contributed by atoms with Crippen LogP contribution in [0.2, 0.25) is 5.02 Å². The Hall–Kier alpha value is -2.16. The van der Waals surface area contributed by atoms with Gasteiger partial charge < -0.3 is 10.2 Å². The second-order valence-electron chi connectivity index (χ2n) is 7.38. The summed E-state index contributed by atoms with van der Waals surface area (Å²) in [5.74, 6) is -0.681. The molecule has 1 aliphatic rings. The van der Waals surface area contributed by atoms with E-state index < -0.39 is 56.4 Å². The Labute approximate surface area is 182 Å². The average molecular weight is 475 g/mol. The van der Waals surface area contributed by atoms with Crippen LogP contribution in [0.5, 0.6) is 0 Å². The number of hydrogen-bond acceptors (Lipinski definition) is 4. The summed E-state index contributed by atoms with van der Waals surface area (Å²) in [7, 11) is -4.33. The van der Waals surface area contributed by atoms with E-state index in [1.54, 1.807) is 24.3 Å². The molecule has 0 saturated carbocycles. The molecule has 3 rings (SSSR count). The Morgan fingerprint density at radius 3 is 2.39 bits per heavy atom. The molecule has 31 heavy (non-hydrogen) atoms. The maximum Gasteiger partial charge on any atom is 0.416 e. The molecule has 0 spiro atoms. The van der Waals surface area contributed by atoms with E-state index in [0.29, 0.717) is 17.8 Å². The van der Waals surface area contributed by atoms with Gasteiger partial charge in [0.05, 0.1) is 23.8 Å². The van der Waals surface area contributed by atoms with Gasteiger partial charge in [-0.3, -0.25) is 0 Å². The lowest BCUT2D eigenvalue weighted by Crippen LogP contribution is -2.43. The third-order valence-corrected chi connectivity index (χ3v) is 7.63. The van der Waals surface area contributed by atoms with Crippen molar-refractivity contribution in [2.75, 3.05) is 19.7 Å². The zero-order valence-corrected chi connectivity index (χ0v) is 17.5. The number of alkyl halides is 3. The highest BCUT2D eigenvalue weighted by Crippen LogP contribution is 2.38. The number of hydrogen-bond donors (Lipinski definition) is 2. The van der Waals surface area contributed by atoms with Crippen LogP contribution in [0.15, 0.2) is 47.4 Å². The molecule has 0 unspecified atom stereocenters. The summed E-state index contributed by atoms with van der Waals surface area (Å²) < 4.78 is 65.5. The van der Waals surface area contributed by atoms with E-state index in [1.807, 2.05) is 0 Å². The predicted octanol–water partition coefficient (Wildman–Crippen LogP) is 3.50. The molecule has 0 aromatic heterocycles. The molecule has 6 nitrogen and oxygen atoms in total. The minimum atomic E-state index is -4.68. The van der Waals surface area contributed by atoms with Crippen LogP contribution in [0.25, 0.3) is 4.85 Å². The Morgan fingerprint density at radius 2 is 1.87 bits per heavy atom. The van der Waals surface area contributed by atoms with E-state index in [2.05, 4.69) is 4.85 Å². The molecule has 0 aliphatic carbocycles. The first-order valence-corrected chi connectivity index (χ1v) is 10.9. The maximum absolute atomic E-state index is 13.0. The summed E-state index contributed by atoms with van der Waals surface area (Å²) in [4.78, 5) is 2.78. The number of nitrogens with zero attached hydrogens (tertiary/aromatic N) is 2. The average Bonchev–Trinajstić information content (AvgIpc) is 3.05. The SMILES string of the molecule is [C-]#[N+]c1ccc(C[C@H]2CN(S(=O)(=O)c3ccc(C(F)(F)F)cc3Cl)C[C@@]2(O)CO)cc1. The van der Waals surface area contributed by atoms with E-state index >= 15 is 0 Å². The molecule has 0 amide bonds. The van der Waals surface area contributed by atoms with Gasteiger partial charge in [0.15, 0.2) is 5.69 Å². The summed E-state index contributed by atoms with van der Waals surface area (Å²) in [6.45, 7) is 5.67. The number of aliphatic hydroxyl groups is 2. The number of rotatable bonds is 5. The first-order valence-electron chi connectivity index (χ1n) is 9.07. The fourth-order valence-corrected chi connectivity index (χ4v) is 5.61. The normalized spacial score (nSPS) is 22.4. The summed E-state index contributed by atoms with van der Waals surface area (Å²) >= 11 is 5.86. The zero-order valence-electron chi connectivity index (χ0n) is 16.0. The first-order chi connectivity index (χ1) is 14.4. The van der Waals surface area contributed by atoms with Crippen LogP contribution in [-0.2, 0) is 22.6 Å². The number of halogens is 4. The van der Waals surface area contributed by atoms with E-state index in [1.165, 1.54) is 0 Å². The van der Waals surface area contributed by atoms with Gasteiger partial charge in [-0.15, -0.1) is 0 Å². The fourth-order valence-electron chi connectivity index (χ4n) is 3.55. The largest absolute Gasteiger partial charge is 0.416 e. The van der Waals surface area contributed by atoms with Crippen molar-refractivity contribution >= 4 is 27.3 Å². The van der Waals surface area contributed by atoms with Crippen molar-refractivity contribution < 1.29 is 31.8 Å². The zero-order chi connectivity index (χ0) is 23.0. The van der Waals surface area contributed by atoms with Gasteiger partial charge in [0.2, 0.25) is 10.0 Å². The van der Waals surface area contributed by atoms with Crippen molar-refractivity contribution in [2.45, 2.75) is 23.1 Å². The van der Waals surface area contributed by atoms with Crippen molar-refractivity contribution in [1.82, 2.24) is 4.31 Å². The molecule has 0 bridgehead atoms. The second kappa shape index (κ2) is 8.41. The molecule has 166 valence electrons. The highest BCUT2D eigenvalue weighted by atomic mass is 35.5. The van der Waals surface area contributed by atoms with Crippen LogP contribution in [0.3, 0.4) is 0 Å². The molecule has 1 saturated heterocycles. The van der Waals surface area contributed by atoms with E-state index in [-0.39, 0.29) is 13.0 Å². The minimum absolute atomic E-state index is 0.165. The highest BCUT2D eigenvalue weighted by molar-refractivity contribution is 7.89. The van der Waals surface area contributed by atoms with Gasteiger partial charge in [0.1, 0.15) is 10.5 Å². The number of β-amino-alcohol motifs (C(OH)–C–C–N with tert-alkyl or cyclic N) is 1. The van der Waals surface area contributed by atoms with Crippen LogP contribution in [0.4, 0.5) is 18.9 Å². The van der Waals surface area contributed by atoms with Crippen LogP contribution in [-0.4, -0.2) is 48.2 Å². The van der Waals surface area contributed by atoms with Crippen LogP contribution in [0.1, 0.15) is 11.1 Å². The topological polar surface area (TPSA) is 82.2 Å². The lowest BCUT2D eigenvalue weighted by molar-refractivity contribution is -0.137. The second-order valence-corrected chi connectivity index (χ2v) is 9.70. The Balaban J connectivity index is 1.88. The molecule has 1 heterocycles. The third kappa shape index (κ3) is 4.71. The number of sulfonamides is 1. The molecule has 2 aromatic carbocycles. The lowest BCUT2D eigenvalue weighted by Gasteiger charge is -2.26. The van der Waals surface area contributed by atoms with E-state index in [0.717, 1.165) is 15.9 Å². The molecule has 2 aromatic rings. The van der Waals surface area contributed by atoms with Crippen LogP contribution < -0.4 is 0 Å². The summed E-state index contributed by atoms with van der Waals surface area (Å²) in [6, 6.07) is 8.49. The van der Waals surface area contributed by atoms with Gasteiger partial charge in [0, 0.05) is 19.0 Å². The Kier molecular flexibility index (Phi) is 6.37. The lowest BCUT2D eigenvalue weighted by atomic mass is 9.86. The van der Waals surface area contributed by atoms with Gasteiger partial charge in [-0.1, -0.05) is 41.4 Å². The summed E-state index contributed by atoms with van der Waals surface area (Å²) in [5, 5.41) is 20.0. The van der Waals surface area contributed by atoms with Crippen molar-refractivity contribution in [1.29, 1.82) is 0 Å². The highest BCUT2D eigenvalue weighted by Gasteiger charge is 2.49. The molecule has 11 heteroatoms. The van der Waals surface area contributed by atoms with Crippen molar-refractivity contribution in [2.24, 2.45) is 5.92 Å².